The molecule has 0 fully saturated rings. The summed E-state index contributed by atoms with van der Waals surface area (Å²) < 4.78 is 38.4. The van der Waals surface area contributed by atoms with E-state index < -0.39 is 10.0 Å². The molecule has 0 aromatic heterocycles. The number of methoxy groups -OCH3 is 1. The highest BCUT2D eigenvalue weighted by Crippen LogP contribution is 2.22. The Kier molecular flexibility index (Phi) is 7.83. The molecule has 7 nitrogen and oxygen atoms in total. The van der Waals surface area contributed by atoms with Gasteiger partial charge >= 0.3 is 0 Å². The lowest BCUT2D eigenvalue weighted by atomic mass is 10.1. The van der Waals surface area contributed by atoms with Crippen molar-refractivity contribution in [3.63, 3.8) is 0 Å². The minimum absolute atomic E-state index is 0.0604. The molecular formula is C20H26N2O5S. The minimum Gasteiger partial charge on any atom is -0.497 e. The van der Waals surface area contributed by atoms with E-state index in [1.165, 1.54) is 13.2 Å². The first-order valence-corrected chi connectivity index (χ1v) is 10.5. The summed E-state index contributed by atoms with van der Waals surface area (Å²) >= 11 is 0. The second kappa shape index (κ2) is 10.1. The van der Waals surface area contributed by atoms with E-state index in [2.05, 4.69) is 10.0 Å². The summed E-state index contributed by atoms with van der Waals surface area (Å²) in [5, 5.41) is 2.77. The molecule has 0 saturated heterocycles. The van der Waals surface area contributed by atoms with Crippen molar-refractivity contribution in [3.8, 4) is 5.75 Å². The summed E-state index contributed by atoms with van der Waals surface area (Å²) in [7, 11) is -2.31. The van der Waals surface area contributed by atoms with Gasteiger partial charge in [-0.25, -0.2) is 8.42 Å². The largest absolute Gasteiger partial charge is 0.497 e. The lowest BCUT2D eigenvalue weighted by Gasteiger charge is -2.12. The molecule has 2 aromatic rings. The predicted molar refractivity (Wildman–Crippen MR) is 108 cm³/mol. The smallest absolute Gasteiger partial charge is 0.262 e. The Bertz CT molecular complexity index is 895. The van der Waals surface area contributed by atoms with E-state index in [0.717, 1.165) is 0 Å². The van der Waals surface area contributed by atoms with Crippen LogP contribution in [-0.2, 0) is 14.8 Å². The number of sulfonamides is 1. The fraction of sp³-hybridized carbons (Fsp3) is 0.350. The van der Waals surface area contributed by atoms with Gasteiger partial charge in [-0.1, -0.05) is 6.07 Å². The van der Waals surface area contributed by atoms with Crippen molar-refractivity contribution < 1.29 is 22.7 Å². The number of nitrogens with one attached hydrogen (secondary N) is 2. The van der Waals surface area contributed by atoms with Crippen molar-refractivity contribution in [2.24, 2.45) is 0 Å². The average molecular weight is 407 g/mol. The van der Waals surface area contributed by atoms with E-state index in [4.69, 9.17) is 9.47 Å². The predicted octanol–water partition coefficient (Wildman–Crippen LogP) is 2.96. The molecule has 0 saturated carbocycles. The molecule has 2 rings (SSSR count). The summed E-state index contributed by atoms with van der Waals surface area (Å²) in [6.45, 7) is 5.25. The quantitative estimate of drug-likeness (QED) is 0.592. The molecule has 2 aromatic carbocycles. The zero-order valence-corrected chi connectivity index (χ0v) is 17.1. The van der Waals surface area contributed by atoms with Crippen LogP contribution >= 0.6 is 0 Å². The van der Waals surface area contributed by atoms with Crippen LogP contribution in [0.3, 0.4) is 0 Å². The molecule has 0 spiro atoms. The zero-order valence-electron chi connectivity index (χ0n) is 16.3. The van der Waals surface area contributed by atoms with E-state index in [9.17, 15) is 13.2 Å². The van der Waals surface area contributed by atoms with Gasteiger partial charge in [0.25, 0.3) is 15.9 Å². The van der Waals surface area contributed by atoms with E-state index in [-0.39, 0.29) is 16.4 Å². The van der Waals surface area contributed by atoms with Gasteiger partial charge in [-0.2, -0.15) is 0 Å². The fourth-order valence-corrected chi connectivity index (χ4v) is 3.85. The number of aryl methyl sites for hydroxylation is 1. The molecular weight excluding hydrogens is 380 g/mol. The fourth-order valence-electron chi connectivity index (χ4n) is 2.52. The van der Waals surface area contributed by atoms with Crippen LogP contribution in [0.15, 0.2) is 47.4 Å². The molecule has 0 bridgehead atoms. The lowest BCUT2D eigenvalue weighted by Crippen LogP contribution is -2.26. The van der Waals surface area contributed by atoms with Gasteiger partial charge in [-0.05, 0) is 62.2 Å². The molecule has 0 aliphatic rings. The third-order valence-corrected chi connectivity index (χ3v) is 5.56. The summed E-state index contributed by atoms with van der Waals surface area (Å²) in [4.78, 5) is 12.4. The maximum atomic E-state index is 12.8. The standard InChI is InChI=1S/C20H26N2O5S/c1-4-27-13-5-12-21-20(23)16-7-6-15(2)19(14-16)28(24,25)22-17-8-10-18(26-3)11-9-17/h6-11,14,22H,4-5,12-13H2,1-3H3,(H,21,23). The van der Waals surface area contributed by atoms with Gasteiger partial charge in [-0.15, -0.1) is 0 Å². The van der Waals surface area contributed by atoms with Crippen molar-refractivity contribution in [1.29, 1.82) is 0 Å². The minimum atomic E-state index is -3.84. The van der Waals surface area contributed by atoms with Crippen LogP contribution in [-0.4, -0.2) is 41.2 Å². The third kappa shape index (κ3) is 5.97. The number of amides is 1. The molecule has 0 aliphatic carbocycles. The number of hydrogen-bond acceptors (Lipinski definition) is 5. The van der Waals surface area contributed by atoms with Crippen molar-refractivity contribution in [1.82, 2.24) is 5.32 Å². The highest BCUT2D eigenvalue weighted by molar-refractivity contribution is 7.92. The average Bonchev–Trinajstić information content (AvgIpc) is 2.68. The molecule has 0 unspecified atom stereocenters. The lowest BCUT2D eigenvalue weighted by molar-refractivity contribution is 0.0944. The van der Waals surface area contributed by atoms with Gasteiger partial charge in [-0.3, -0.25) is 9.52 Å². The van der Waals surface area contributed by atoms with Crippen LogP contribution in [0.25, 0.3) is 0 Å². The Hall–Kier alpha value is -2.58. The van der Waals surface area contributed by atoms with Gasteiger partial charge in [0.05, 0.1) is 12.0 Å². The molecule has 0 radical (unpaired) electrons. The summed E-state index contributed by atoms with van der Waals surface area (Å²) in [5.74, 6) is 0.305. The Balaban J connectivity index is 2.13. The number of hydrogen-bond donors (Lipinski definition) is 2. The molecule has 152 valence electrons. The second-order valence-corrected chi connectivity index (χ2v) is 7.77. The summed E-state index contributed by atoms with van der Waals surface area (Å²) in [6, 6.07) is 11.2. The van der Waals surface area contributed by atoms with E-state index in [1.807, 2.05) is 6.92 Å². The van der Waals surface area contributed by atoms with Crippen LogP contribution in [0, 0.1) is 6.92 Å². The van der Waals surface area contributed by atoms with Crippen LogP contribution in [0.5, 0.6) is 5.75 Å². The summed E-state index contributed by atoms with van der Waals surface area (Å²) in [5.41, 5.74) is 1.25. The molecule has 8 heteroatoms. The van der Waals surface area contributed by atoms with Gasteiger partial charge < -0.3 is 14.8 Å². The highest BCUT2D eigenvalue weighted by Gasteiger charge is 2.19. The Morgan fingerprint density at radius 2 is 1.82 bits per heavy atom. The molecule has 0 aliphatic heterocycles. The number of anilines is 1. The third-order valence-electron chi connectivity index (χ3n) is 4.04. The molecule has 1 amide bonds. The Labute approximate surface area is 166 Å². The van der Waals surface area contributed by atoms with Gasteiger partial charge in [0, 0.05) is 31.0 Å². The highest BCUT2D eigenvalue weighted by atomic mass is 32.2. The van der Waals surface area contributed by atoms with Crippen molar-refractivity contribution >= 4 is 21.6 Å². The first-order chi connectivity index (χ1) is 13.4. The molecule has 0 atom stereocenters. The van der Waals surface area contributed by atoms with Crippen molar-refractivity contribution in [3.05, 3.63) is 53.6 Å². The van der Waals surface area contributed by atoms with Crippen LogP contribution in [0.1, 0.15) is 29.3 Å². The maximum Gasteiger partial charge on any atom is 0.262 e. The number of carbonyl (C=O) groups excluding carboxylic acids is 1. The van der Waals surface area contributed by atoms with Gasteiger partial charge in [0.1, 0.15) is 5.75 Å². The molecule has 28 heavy (non-hydrogen) atoms. The topological polar surface area (TPSA) is 93.7 Å². The van der Waals surface area contributed by atoms with Crippen molar-refractivity contribution in [2.75, 3.05) is 31.6 Å². The van der Waals surface area contributed by atoms with E-state index in [0.29, 0.717) is 43.2 Å². The first kappa shape index (κ1) is 21.7. The van der Waals surface area contributed by atoms with Crippen LogP contribution in [0.4, 0.5) is 5.69 Å². The number of ether oxygens (including phenoxy) is 2. The molecule has 0 heterocycles. The Morgan fingerprint density at radius 3 is 2.46 bits per heavy atom. The maximum absolute atomic E-state index is 12.8. The second-order valence-electron chi connectivity index (χ2n) is 6.12. The molecule has 2 N–H and O–H groups in total. The zero-order chi connectivity index (χ0) is 20.6. The summed E-state index contributed by atoms with van der Waals surface area (Å²) in [6.07, 6.45) is 0.690. The van der Waals surface area contributed by atoms with Crippen LogP contribution in [0.2, 0.25) is 0 Å². The Morgan fingerprint density at radius 1 is 1.11 bits per heavy atom. The number of benzene rings is 2. The number of rotatable bonds is 10. The SMILES string of the molecule is CCOCCCNC(=O)c1ccc(C)c(S(=O)(=O)Nc2ccc(OC)cc2)c1. The monoisotopic (exact) mass is 406 g/mol. The van der Waals surface area contributed by atoms with Crippen LogP contribution < -0.4 is 14.8 Å². The number of carbonyl (C=O) groups is 1. The van der Waals surface area contributed by atoms with Gasteiger partial charge in [0.15, 0.2) is 0 Å². The van der Waals surface area contributed by atoms with E-state index >= 15 is 0 Å². The first-order valence-electron chi connectivity index (χ1n) is 9.01. The van der Waals surface area contributed by atoms with E-state index in [1.54, 1.807) is 43.3 Å². The normalized spacial score (nSPS) is 11.1. The van der Waals surface area contributed by atoms with Crippen molar-refractivity contribution in [2.45, 2.75) is 25.2 Å². The van der Waals surface area contributed by atoms with Gasteiger partial charge in [0.2, 0.25) is 0 Å².